The van der Waals surface area contributed by atoms with Gasteiger partial charge in [-0.05, 0) is 48.7 Å². The summed E-state index contributed by atoms with van der Waals surface area (Å²) in [6.07, 6.45) is 8.18. The lowest BCUT2D eigenvalue weighted by Crippen LogP contribution is -2.64. The number of rotatable bonds is 4. The Bertz CT molecular complexity index is 1080. The molecule has 1 atom stereocenters. The molecule has 1 unspecified atom stereocenters. The van der Waals surface area contributed by atoms with Gasteiger partial charge >= 0.3 is 0 Å². The number of fused-ring (bicyclic) bond motifs is 3. The van der Waals surface area contributed by atoms with Crippen LogP contribution in [0.3, 0.4) is 0 Å². The summed E-state index contributed by atoms with van der Waals surface area (Å²) in [5, 5.41) is 7.42. The van der Waals surface area contributed by atoms with Crippen molar-refractivity contribution in [2.45, 2.75) is 76.5 Å². The second-order valence-electron chi connectivity index (χ2n) is 9.05. The molecule has 1 fully saturated rings. The van der Waals surface area contributed by atoms with Crippen molar-refractivity contribution in [2.24, 2.45) is 0 Å². The predicted octanol–water partition coefficient (Wildman–Crippen LogP) is 5.41. The maximum atomic E-state index is 13.8. The molecule has 31 heavy (non-hydrogen) atoms. The van der Waals surface area contributed by atoms with Crippen LogP contribution in [-0.4, -0.2) is 32.9 Å². The van der Waals surface area contributed by atoms with Crippen LogP contribution in [0.4, 0.5) is 0 Å². The number of carbonyl (C=O) groups excluding carboxylic acids is 2. The lowest BCUT2D eigenvalue weighted by Gasteiger charge is -2.44. The van der Waals surface area contributed by atoms with Gasteiger partial charge < -0.3 is 14.8 Å². The molecule has 0 bridgehead atoms. The molecule has 1 saturated carbocycles. The van der Waals surface area contributed by atoms with Gasteiger partial charge in [-0.2, -0.15) is 0 Å². The fourth-order valence-electron chi connectivity index (χ4n) is 5.02. The third kappa shape index (κ3) is 3.82. The molecule has 7 heteroatoms. The van der Waals surface area contributed by atoms with Gasteiger partial charge in [0.25, 0.3) is 5.91 Å². The zero-order valence-electron chi connectivity index (χ0n) is 17.9. The van der Waals surface area contributed by atoms with E-state index in [0.717, 1.165) is 40.8 Å². The minimum Gasteiger partial charge on any atom is -0.351 e. The number of hydrogen-bond acceptors (Lipinski definition) is 4. The topological polar surface area (TPSA) is 54.3 Å². The lowest BCUT2D eigenvalue weighted by molar-refractivity contribution is -0.134. The first-order chi connectivity index (χ1) is 15.1. The lowest BCUT2D eigenvalue weighted by atomic mass is 9.92. The Balaban J connectivity index is 1.48. The largest absolute Gasteiger partial charge is 0.351 e. The third-order valence-corrected chi connectivity index (χ3v) is 8.59. The van der Waals surface area contributed by atoms with E-state index in [1.54, 1.807) is 27.6 Å². The SMILES string of the molecule is CC1(C(=O)NC2CCCCCCC2)Cn2c(cc3sccc32)C(=O)N1Cc1cccs1. The zero-order chi connectivity index (χ0) is 21.4. The van der Waals surface area contributed by atoms with Crippen molar-refractivity contribution in [1.82, 2.24) is 14.8 Å². The van der Waals surface area contributed by atoms with E-state index in [-0.39, 0.29) is 17.9 Å². The maximum Gasteiger partial charge on any atom is 0.271 e. The summed E-state index contributed by atoms with van der Waals surface area (Å²) < 4.78 is 3.15. The van der Waals surface area contributed by atoms with Gasteiger partial charge in [-0.3, -0.25) is 9.59 Å². The molecular formula is C24H29N3O2S2. The number of hydrogen-bond donors (Lipinski definition) is 1. The van der Waals surface area contributed by atoms with Gasteiger partial charge in [0, 0.05) is 10.9 Å². The van der Waals surface area contributed by atoms with Crippen LogP contribution in [-0.2, 0) is 17.9 Å². The zero-order valence-corrected chi connectivity index (χ0v) is 19.6. The van der Waals surface area contributed by atoms with E-state index < -0.39 is 5.54 Å². The fraction of sp³-hybridized carbons (Fsp3) is 0.500. The van der Waals surface area contributed by atoms with Crippen molar-refractivity contribution < 1.29 is 9.59 Å². The molecule has 0 aromatic carbocycles. The Morgan fingerprint density at radius 2 is 1.90 bits per heavy atom. The highest BCUT2D eigenvalue weighted by Crippen LogP contribution is 2.36. The molecule has 1 aliphatic carbocycles. The van der Waals surface area contributed by atoms with E-state index >= 15 is 0 Å². The van der Waals surface area contributed by atoms with Crippen LogP contribution in [0, 0.1) is 0 Å². The first-order valence-corrected chi connectivity index (χ1v) is 13.0. The standard InChI is InChI=1S/C24H29N3O2S2/c1-24(23(29)25-17-8-5-3-2-4-6-9-17)16-26-19-11-13-31-21(19)14-20(26)22(28)27(24)15-18-10-7-12-30-18/h7,10-14,17H,2-6,8-9,15-16H2,1H3,(H,25,29). The number of thiophene rings is 2. The first kappa shape index (κ1) is 20.8. The van der Waals surface area contributed by atoms with Gasteiger partial charge in [0.2, 0.25) is 5.91 Å². The summed E-state index contributed by atoms with van der Waals surface area (Å²) in [6.45, 7) is 2.89. The van der Waals surface area contributed by atoms with Crippen LogP contribution in [0.5, 0.6) is 0 Å². The number of nitrogens with zero attached hydrogens (tertiary/aromatic N) is 2. The normalized spacial score (nSPS) is 22.9. The molecule has 2 amide bonds. The monoisotopic (exact) mass is 455 g/mol. The Labute approximate surface area is 191 Å². The van der Waals surface area contributed by atoms with E-state index in [0.29, 0.717) is 18.8 Å². The van der Waals surface area contributed by atoms with Crippen LogP contribution < -0.4 is 5.32 Å². The van der Waals surface area contributed by atoms with Crippen molar-refractivity contribution in [3.8, 4) is 0 Å². The predicted molar refractivity (Wildman–Crippen MR) is 127 cm³/mol. The van der Waals surface area contributed by atoms with Crippen molar-refractivity contribution in [1.29, 1.82) is 0 Å². The molecular weight excluding hydrogens is 426 g/mol. The van der Waals surface area contributed by atoms with E-state index in [1.807, 2.05) is 35.9 Å². The van der Waals surface area contributed by atoms with Crippen LogP contribution >= 0.6 is 22.7 Å². The maximum absolute atomic E-state index is 13.8. The molecule has 0 saturated heterocycles. The summed E-state index contributed by atoms with van der Waals surface area (Å²) in [7, 11) is 0. The minimum atomic E-state index is -0.926. The number of nitrogens with one attached hydrogen (secondary N) is 1. The van der Waals surface area contributed by atoms with Gasteiger partial charge in [-0.1, -0.05) is 38.2 Å². The van der Waals surface area contributed by atoms with Gasteiger partial charge in [0.05, 0.1) is 23.3 Å². The fourth-order valence-corrected chi connectivity index (χ4v) is 6.54. The third-order valence-electron chi connectivity index (χ3n) is 6.87. The molecule has 0 radical (unpaired) electrons. The summed E-state index contributed by atoms with van der Waals surface area (Å²) in [4.78, 5) is 30.3. The van der Waals surface area contributed by atoms with Gasteiger partial charge in [0.15, 0.2) is 0 Å². The molecule has 3 aromatic rings. The molecule has 1 aliphatic heterocycles. The molecule has 0 spiro atoms. The molecule has 4 heterocycles. The minimum absolute atomic E-state index is 0.0225. The summed E-state index contributed by atoms with van der Waals surface area (Å²) >= 11 is 3.27. The molecule has 2 aliphatic rings. The van der Waals surface area contributed by atoms with Crippen molar-refractivity contribution in [3.63, 3.8) is 0 Å². The highest BCUT2D eigenvalue weighted by Gasteiger charge is 2.48. The van der Waals surface area contributed by atoms with Crippen molar-refractivity contribution in [2.75, 3.05) is 0 Å². The van der Waals surface area contributed by atoms with Crippen molar-refractivity contribution >= 4 is 44.7 Å². The molecule has 164 valence electrons. The Kier molecular flexibility index (Phi) is 5.65. The second kappa shape index (κ2) is 8.43. The molecule has 5 rings (SSSR count). The Morgan fingerprint density at radius 1 is 1.13 bits per heavy atom. The van der Waals surface area contributed by atoms with Gasteiger partial charge in [0.1, 0.15) is 11.2 Å². The van der Waals surface area contributed by atoms with Crippen LogP contribution in [0.15, 0.2) is 35.0 Å². The first-order valence-electron chi connectivity index (χ1n) is 11.3. The van der Waals surface area contributed by atoms with E-state index in [4.69, 9.17) is 0 Å². The number of carbonyl (C=O) groups is 2. The summed E-state index contributed by atoms with van der Waals surface area (Å²) in [6, 6.07) is 8.28. The summed E-state index contributed by atoms with van der Waals surface area (Å²) in [5.41, 5.74) is 0.813. The van der Waals surface area contributed by atoms with Gasteiger partial charge in [-0.15, -0.1) is 22.7 Å². The quantitative estimate of drug-likeness (QED) is 0.572. The highest BCUT2D eigenvalue weighted by molar-refractivity contribution is 7.17. The van der Waals surface area contributed by atoms with E-state index in [1.165, 1.54) is 19.3 Å². The van der Waals surface area contributed by atoms with E-state index in [2.05, 4.69) is 16.0 Å². The van der Waals surface area contributed by atoms with Crippen LogP contribution in [0.2, 0.25) is 0 Å². The number of amides is 2. The van der Waals surface area contributed by atoms with E-state index in [9.17, 15) is 9.59 Å². The highest BCUT2D eigenvalue weighted by atomic mass is 32.1. The molecule has 1 N–H and O–H groups in total. The molecule has 5 nitrogen and oxygen atoms in total. The summed E-state index contributed by atoms with van der Waals surface area (Å²) in [5.74, 6) is -0.0796. The Hall–Kier alpha value is -2.12. The second-order valence-corrected chi connectivity index (χ2v) is 11.0. The Morgan fingerprint density at radius 3 is 2.65 bits per heavy atom. The van der Waals surface area contributed by atoms with Crippen LogP contribution in [0.25, 0.3) is 10.2 Å². The smallest absolute Gasteiger partial charge is 0.271 e. The number of aromatic nitrogens is 1. The average Bonchev–Trinajstić information content (AvgIpc) is 3.46. The molecule has 3 aromatic heterocycles. The van der Waals surface area contributed by atoms with Crippen LogP contribution in [0.1, 0.15) is 67.2 Å². The average molecular weight is 456 g/mol. The van der Waals surface area contributed by atoms with Gasteiger partial charge in [-0.25, -0.2) is 0 Å². The van der Waals surface area contributed by atoms with Crippen molar-refractivity contribution in [3.05, 3.63) is 45.6 Å².